The third-order valence-corrected chi connectivity index (χ3v) is 2.16. The molecule has 4 nitrogen and oxygen atoms in total. The summed E-state index contributed by atoms with van der Waals surface area (Å²) in [6.07, 6.45) is 0. The summed E-state index contributed by atoms with van der Waals surface area (Å²) in [6, 6.07) is 0. The van der Waals surface area contributed by atoms with Crippen LogP contribution < -0.4 is 9.57 Å². The van der Waals surface area contributed by atoms with Gasteiger partial charge in [0.15, 0.2) is 0 Å². The Bertz CT molecular complexity index is 324. The molecule has 0 aromatic carbocycles. The molecule has 0 amide bonds. The van der Waals surface area contributed by atoms with Gasteiger partial charge in [-0.25, -0.2) is 0 Å². The molecule has 1 rings (SSSR count). The van der Waals surface area contributed by atoms with Gasteiger partial charge in [0.1, 0.15) is 7.11 Å². The number of rotatable bonds is 2. The van der Waals surface area contributed by atoms with Gasteiger partial charge in [-0.1, -0.05) is 25.9 Å². The fourth-order valence-corrected chi connectivity index (χ4v) is 1.64. The minimum Gasteiger partial charge on any atom is -0.480 e. The number of hydrogen-bond donors (Lipinski definition) is 0. The molecule has 4 heteroatoms. The van der Waals surface area contributed by atoms with E-state index in [9.17, 15) is 0 Å². The van der Waals surface area contributed by atoms with Gasteiger partial charge in [-0.15, -0.1) is 4.85 Å². The highest BCUT2D eigenvalue weighted by Gasteiger charge is 2.26. The highest BCUT2D eigenvalue weighted by atomic mass is 16.7. The smallest absolute Gasteiger partial charge is 0.240 e. The van der Waals surface area contributed by atoms with E-state index < -0.39 is 0 Å². The second-order valence-electron chi connectivity index (χ2n) is 4.28. The molecule has 1 aromatic rings. The van der Waals surface area contributed by atoms with Crippen LogP contribution in [0.2, 0.25) is 0 Å². The number of aromatic nitrogens is 2. The lowest BCUT2D eigenvalue weighted by molar-refractivity contribution is 0.124. The summed E-state index contributed by atoms with van der Waals surface area (Å²) in [5, 5.41) is 4.19. The number of nitrogens with zero attached hydrogens (tertiary/aromatic N) is 2. The number of methoxy groups -OCH3 is 1. The van der Waals surface area contributed by atoms with Crippen molar-refractivity contribution in [3.8, 4) is 5.88 Å². The summed E-state index contributed by atoms with van der Waals surface area (Å²) in [4.78, 5) is 6.57. The van der Waals surface area contributed by atoms with Gasteiger partial charge in [-0.05, 0) is 12.3 Å². The van der Waals surface area contributed by atoms with Crippen LogP contribution in [0, 0.1) is 6.92 Å². The van der Waals surface area contributed by atoms with Crippen molar-refractivity contribution in [3.63, 3.8) is 0 Å². The Morgan fingerprint density at radius 2 is 1.79 bits per heavy atom. The highest BCUT2D eigenvalue weighted by molar-refractivity contribution is 5.36. The zero-order valence-corrected chi connectivity index (χ0v) is 9.71. The molecule has 0 N–H and O–H groups in total. The van der Waals surface area contributed by atoms with Crippen LogP contribution in [-0.2, 0) is 5.41 Å². The lowest BCUT2D eigenvalue weighted by Crippen LogP contribution is -2.15. The van der Waals surface area contributed by atoms with E-state index in [1.54, 1.807) is 14.2 Å². The van der Waals surface area contributed by atoms with Crippen molar-refractivity contribution >= 4 is 0 Å². The first-order chi connectivity index (χ1) is 6.41. The van der Waals surface area contributed by atoms with E-state index >= 15 is 0 Å². The maximum absolute atomic E-state index is 5.22. The second kappa shape index (κ2) is 3.52. The molecule has 80 valence electrons. The molecule has 0 saturated carbocycles. The molecule has 1 aromatic heterocycles. The Kier molecular flexibility index (Phi) is 2.73. The molecule has 0 aliphatic heterocycles. The van der Waals surface area contributed by atoms with Crippen LogP contribution in [0.4, 0.5) is 0 Å². The topological polar surface area (TPSA) is 36.3 Å². The molecule has 0 unspecified atom stereocenters. The third-order valence-electron chi connectivity index (χ3n) is 2.16. The predicted molar refractivity (Wildman–Crippen MR) is 54.7 cm³/mol. The maximum atomic E-state index is 5.22. The van der Waals surface area contributed by atoms with Gasteiger partial charge in [0.25, 0.3) is 0 Å². The Morgan fingerprint density at radius 1 is 1.21 bits per heavy atom. The molecular weight excluding hydrogens is 180 g/mol. The Morgan fingerprint density at radius 3 is 2.07 bits per heavy atom. The van der Waals surface area contributed by atoms with Crippen molar-refractivity contribution in [3.05, 3.63) is 11.3 Å². The second-order valence-corrected chi connectivity index (χ2v) is 4.28. The van der Waals surface area contributed by atoms with Crippen molar-refractivity contribution in [2.75, 3.05) is 14.2 Å². The van der Waals surface area contributed by atoms with Crippen molar-refractivity contribution in [1.29, 1.82) is 0 Å². The van der Waals surface area contributed by atoms with E-state index in [2.05, 4.69) is 25.9 Å². The summed E-state index contributed by atoms with van der Waals surface area (Å²) in [5.74, 6) is 0.636. The van der Waals surface area contributed by atoms with Crippen LogP contribution in [0.1, 0.15) is 32.0 Å². The fourth-order valence-electron chi connectivity index (χ4n) is 1.64. The van der Waals surface area contributed by atoms with Crippen LogP contribution >= 0.6 is 0 Å². The highest BCUT2D eigenvalue weighted by Crippen LogP contribution is 2.32. The predicted octanol–water partition coefficient (Wildman–Crippen LogP) is 1.56. The van der Waals surface area contributed by atoms with Gasteiger partial charge >= 0.3 is 0 Å². The fraction of sp³-hybridized carbons (Fsp3) is 0.700. The van der Waals surface area contributed by atoms with Gasteiger partial charge < -0.3 is 9.57 Å². The van der Waals surface area contributed by atoms with E-state index in [0.717, 1.165) is 11.3 Å². The van der Waals surface area contributed by atoms with E-state index in [4.69, 9.17) is 9.57 Å². The van der Waals surface area contributed by atoms with E-state index in [1.165, 1.54) is 4.85 Å². The van der Waals surface area contributed by atoms with Crippen molar-refractivity contribution < 1.29 is 9.57 Å². The maximum Gasteiger partial charge on any atom is 0.240 e. The first kappa shape index (κ1) is 10.9. The summed E-state index contributed by atoms with van der Waals surface area (Å²) < 4.78 is 5.22. The molecule has 0 saturated heterocycles. The van der Waals surface area contributed by atoms with Crippen molar-refractivity contribution in [2.45, 2.75) is 33.1 Å². The molecule has 0 aliphatic carbocycles. The van der Waals surface area contributed by atoms with E-state index in [-0.39, 0.29) is 5.41 Å². The van der Waals surface area contributed by atoms with Crippen LogP contribution in [-0.4, -0.2) is 24.2 Å². The van der Waals surface area contributed by atoms with Crippen molar-refractivity contribution in [1.82, 2.24) is 9.94 Å². The molecule has 0 spiro atoms. The van der Waals surface area contributed by atoms with Gasteiger partial charge in [-0.3, -0.25) is 0 Å². The monoisotopic (exact) mass is 198 g/mol. The van der Waals surface area contributed by atoms with Crippen LogP contribution in [0.25, 0.3) is 0 Å². The molecule has 0 aliphatic rings. The lowest BCUT2D eigenvalue weighted by Gasteiger charge is -2.18. The molecule has 14 heavy (non-hydrogen) atoms. The zero-order chi connectivity index (χ0) is 10.9. The molecule has 0 atom stereocenters. The molecule has 0 bridgehead atoms. The number of hydrogen-bond acceptors (Lipinski definition) is 3. The van der Waals surface area contributed by atoms with E-state index in [1.807, 2.05) is 6.92 Å². The van der Waals surface area contributed by atoms with Crippen LogP contribution in [0.3, 0.4) is 0 Å². The zero-order valence-electron chi connectivity index (χ0n) is 9.71. The summed E-state index contributed by atoms with van der Waals surface area (Å²) in [7, 11) is 3.21. The summed E-state index contributed by atoms with van der Waals surface area (Å²) in [6.45, 7) is 8.35. The quantitative estimate of drug-likeness (QED) is 0.723. The average molecular weight is 198 g/mol. The Balaban J connectivity index is 3.32. The standard InChI is InChI=1S/C10H18N2O2/c1-7-8(10(2,3)4)9(13-5)11-12(7)14-6/h1-6H3. The van der Waals surface area contributed by atoms with E-state index in [0.29, 0.717) is 5.88 Å². The van der Waals surface area contributed by atoms with Crippen LogP contribution in [0.5, 0.6) is 5.88 Å². The molecule has 0 fully saturated rings. The number of ether oxygens (including phenoxy) is 1. The summed E-state index contributed by atoms with van der Waals surface area (Å²) in [5.41, 5.74) is 2.07. The Hall–Kier alpha value is -1.19. The Labute approximate surface area is 84.8 Å². The summed E-state index contributed by atoms with van der Waals surface area (Å²) >= 11 is 0. The first-order valence-corrected chi connectivity index (χ1v) is 4.60. The molecule has 1 heterocycles. The first-order valence-electron chi connectivity index (χ1n) is 4.60. The minimum absolute atomic E-state index is 0.00616. The van der Waals surface area contributed by atoms with Gasteiger partial charge in [0.05, 0.1) is 12.8 Å². The lowest BCUT2D eigenvalue weighted by atomic mass is 9.87. The SMILES string of the molecule is COc1nn(OC)c(C)c1C(C)(C)C. The molecule has 0 radical (unpaired) electrons. The molecular formula is C10H18N2O2. The minimum atomic E-state index is 0.00616. The largest absolute Gasteiger partial charge is 0.480 e. The van der Waals surface area contributed by atoms with Gasteiger partial charge in [-0.2, -0.15) is 0 Å². The van der Waals surface area contributed by atoms with Crippen molar-refractivity contribution in [2.24, 2.45) is 0 Å². The average Bonchev–Trinajstić information content (AvgIpc) is 2.40. The normalized spacial score (nSPS) is 11.6. The van der Waals surface area contributed by atoms with Crippen LogP contribution in [0.15, 0.2) is 0 Å². The van der Waals surface area contributed by atoms with Gasteiger partial charge in [0.2, 0.25) is 5.88 Å². The van der Waals surface area contributed by atoms with Gasteiger partial charge in [0, 0.05) is 5.56 Å². The third kappa shape index (κ3) is 1.69.